The maximum absolute atomic E-state index is 2.37. The maximum atomic E-state index is 2.37. The van der Waals surface area contributed by atoms with Crippen LogP contribution in [0, 0.1) is 13.8 Å². The van der Waals surface area contributed by atoms with Gasteiger partial charge >= 0.3 is 0 Å². The number of hydrogen-bond acceptors (Lipinski definition) is 2. The molecule has 0 amide bonds. The first-order valence-corrected chi connectivity index (χ1v) is 14.6. The van der Waals surface area contributed by atoms with Crippen molar-refractivity contribution in [2.75, 3.05) is 0 Å². The van der Waals surface area contributed by atoms with Gasteiger partial charge in [-0.15, -0.1) is 22.7 Å². The van der Waals surface area contributed by atoms with Gasteiger partial charge in [-0.05, 0) is 71.8 Å². The molecule has 0 atom stereocenters. The molecule has 0 aliphatic heterocycles. The Morgan fingerprint density at radius 2 is 0.816 bits per heavy atom. The van der Waals surface area contributed by atoms with Crippen molar-refractivity contribution in [1.29, 1.82) is 0 Å². The van der Waals surface area contributed by atoms with Crippen molar-refractivity contribution in [3.63, 3.8) is 0 Å². The Hall–Kier alpha value is -3.86. The van der Waals surface area contributed by atoms with Crippen molar-refractivity contribution < 1.29 is 0 Å². The van der Waals surface area contributed by atoms with Crippen LogP contribution in [-0.2, 0) is 14.1 Å². The monoisotopic (exact) mass is 526 g/mol. The lowest BCUT2D eigenvalue weighted by atomic mass is 9.95. The SMILES string of the molecule is Cc1ccc(-c2cc3ccc4c5ccc6c(ccc7cc(-c8ccc(C)s8)n(C)c76)c5ccc4c3n2C)s1. The number of aryl methyl sites for hydroxylation is 4. The summed E-state index contributed by atoms with van der Waals surface area (Å²) in [6.07, 6.45) is 0. The maximum Gasteiger partial charge on any atom is 0.0590 e. The highest BCUT2D eigenvalue weighted by Gasteiger charge is 2.16. The molecule has 4 heteroatoms. The molecule has 0 saturated carbocycles. The average molecular weight is 527 g/mol. The van der Waals surface area contributed by atoms with Gasteiger partial charge in [0, 0.05) is 45.4 Å². The molecule has 0 fully saturated rings. The van der Waals surface area contributed by atoms with Gasteiger partial charge in [-0.2, -0.15) is 0 Å². The predicted octanol–water partition coefficient (Wildman–Crippen LogP) is 10.2. The molecule has 184 valence electrons. The van der Waals surface area contributed by atoms with E-state index in [2.05, 4.69) is 122 Å². The fourth-order valence-corrected chi connectivity index (χ4v) is 8.21. The number of thiophene rings is 2. The molecule has 4 heterocycles. The van der Waals surface area contributed by atoms with E-state index >= 15 is 0 Å². The van der Waals surface area contributed by atoms with E-state index in [1.165, 1.54) is 85.0 Å². The van der Waals surface area contributed by atoms with Crippen molar-refractivity contribution in [1.82, 2.24) is 9.13 Å². The molecular formula is C34H26N2S2. The van der Waals surface area contributed by atoms with E-state index in [9.17, 15) is 0 Å². The highest BCUT2D eigenvalue weighted by atomic mass is 32.1. The van der Waals surface area contributed by atoms with Crippen molar-refractivity contribution >= 4 is 76.8 Å². The first kappa shape index (κ1) is 22.2. The summed E-state index contributed by atoms with van der Waals surface area (Å²) in [5.74, 6) is 0. The van der Waals surface area contributed by atoms with Gasteiger partial charge in [0.2, 0.25) is 0 Å². The fourth-order valence-electron chi connectivity index (χ4n) is 6.37. The summed E-state index contributed by atoms with van der Waals surface area (Å²) in [4.78, 5) is 5.34. The topological polar surface area (TPSA) is 9.86 Å². The van der Waals surface area contributed by atoms with E-state index in [-0.39, 0.29) is 0 Å². The Bertz CT molecular complexity index is 2070. The molecule has 0 aliphatic rings. The molecule has 8 rings (SSSR count). The van der Waals surface area contributed by atoms with Crippen LogP contribution in [0.2, 0.25) is 0 Å². The van der Waals surface area contributed by atoms with Gasteiger partial charge in [0.1, 0.15) is 0 Å². The third-order valence-electron chi connectivity index (χ3n) is 8.16. The molecular weight excluding hydrogens is 501 g/mol. The van der Waals surface area contributed by atoms with E-state index in [1.807, 2.05) is 22.7 Å². The molecule has 0 bridgehead atoms. The largest absolute Gasteiger partial charge is 0.342 e. The Kier molecular flexibility index (Phi) is 4.56. The number of rotatable bonds is 2. The van der Waals surface area contributed by atoms with Gasteiger partial charge in [-0.25, -0.2) is 0 Å². The summed E-state index contributed by atoms with van der Waals surface area (Å²) < 4.78 is 4.74. The van der Waals surface area contributed by atoms with E-state index in [1.54, 1.807) is 0 Å². The molecule has 0 unspecified atom stereocenters. The molecule has 0 aliphatic carbocycles. The van der Waals surface area contributed by atoms with Gasteiger partial charge in [-0.3, -0.25) is 0 Å². The van der Waals surface area contributed by atoms with Crippen molar-refractivity contribution in [2.24, 2.45) is 14.1 Å². The number of fused-ring (bicyclic) bond motifs is 9. The summed E-state index contributed by atoms with van der Waals surface area (Å²) in [6, 6.07) is 32.1. The molecule has 0 spiro atoms. The zero-order valence-corrected chi connectivity index (χ0v) is 23.4. The predicted molar refractivity (Wildman–Crippen MR) is 168 cm³/mol. The zero-order valence-electron chi connectivity index (χ0n) is 21.8. The number of aromatic nitrogens is 2. The van der Waals surface area contributed by atoms with Crippen LogP contribution in [0.1, 0.15) is 9.75 Å². The Morgan fingerprint density at radius 3 is 1.21 bits per heavy atom. The lowest BCUT2D eigenvalue weighted by Crippen LogP contribution is -1.92. The molecule has 4 aromatic heterocycles. The lowest BCUT2D eigenvalue weighted by molar-refractivity contribution is 0.985. The van der Waals surface area contributed by atoms with Crippen LogP contribution < -0.4 is 0 Å². The summed E-state index contributed by atoms with van der Waals surface area (Å²) in [5, 5.41) is 10.5. The van der Waals surface area contributed by atoms with E-state index in [4.69, 9.17) is 0 Å². The summed E-state index contributed by atoms with van der Waals surface area (Å²) in [6.45, 7) is 4.35. The Balaban J connectivity index is 1.39. The van der Waals surface area contributed by atoms with E-state index in [0.717, 1.165) is 0 Å². The molecule has 0 saturated heterocycles. The Labute approximate surface area is 229 Å². The summed E-state index contributed by atoms with van der Waals surface area (Å²) in [7, 11) is 4.41. The number of nitrogens with zero attached hydrogens (tertiary/aromatic N) is 2. The second-order valence-electron chi connectivity index (χ2n) is 10.4. The van der Waals surface area contributed by atoms with Gasteiger partial charge in [-0.1, -0.05) is 48.5 Å². The second kappa shape index (κ2) is 7.83. The third-order valence-corrected chi connectivity index (χ3v) is 10.2. The van der Waals surface area contributed by atoms with Crippen LogP contribution in [0.15, 0.2) is 84.9 Å². The minimum atomic E-state index is 1.28. The highest BCUT2D eigenvalue weighted by Crippen LogP contribution is 2.41. The lowest BCUT2D eigenvalue weighted by Gasteiger charge is -2.12. The average Bonchev–Trinajstić information content (AvgIpc) is 3.69. The normalized spacial score (nSPS) is 12.2. The molecule has 2 nitrogen and oxygen atoms in total. The number of benzene rings is 4. The van der Waals surface area contributed by atoms with Crippen LogP contribution in [0.5, 0.6) is 0 Å². The molecule has 0 N–H and O–H groups in total. The second-order valence-corrected chi connectivity index (χ2v) is 13.0. The van der Waals surface area contributed by atoms with Crippen LogP contribution >= 0.6 is 22.7 Å². The van der Waals surface area contributed by atoms with Gasteiger partial charge in [0.05, 0.1) is 32.2 Å². The van der Waals surface area contributed by atoms with Gasteiger partial charge in [0.15, 0.2) is 0 Å². The first-order valence-electron chi connectivity index (χ1n) is 13.0. The van der Waals surface area contributed by atoms with Crippen LogP contribution in [-0.4, -0.2) is 9.13 Å². The van der Waals surface area contributed by atoms with Crippen molar-refractivity contribution in [3.05, 3.63) is 94.7 Å². The quantitative estimate of drug-likeness (QED) is 0.198. The highest BCUT2D eigenvalue weighted by molar-refractivity contribution is 7.15. The Morgan fingerprint density at radius 1 is 0.447 bits per heavy atom. The molecule has 4 aromatic carbocycles. The van der Waals surface area contributed by atoms with Crippen LogP contribution in [0.4, 0.5) is 0 Å². The first-order chi connectivity index (χ1) is 18.5. The van der Waals surface area contributed by atoms with E-state index in [0.29, 0.717) is 0 Å². The van der Waals surface area contributed by atoms with Gasteiger partial charge < -0.3 is 9.13 Å². The minimum absolute atomic E-state index is 1.28. The van der Waals surface area contributed by atoms with Crippen LogP contribution in [0.3, 0.4) is 0 Å². The minimum Gasteiger partial charge on any atom is -0.342 e. The third kappa shape index (κ3) is 2.99. The summed E-state index contributed by atoms with van der Waals surface area (Å²) in [5.41, 5.74) is 5.18. The smallest absolute Gasteiger partial charge is 0.0590 e. The van der Waals surface area contributed by atoms with Crippen LogP contribution in [0.25, 0.3) is 75.3 Å². The molecule has 38 heavy (non-hydrogen) atoms. The summed E-state index contributed by atoms with van der Waals surface area (Å²) >= 11 is 3.72. The van der Waals surface area contributed by atoms with Gasteiger partial charge in [0.25, 0.3) is 0 Å². The standard InChI is InChI=1S/C34H26N2S2/c1-19-5-15-31(37-19)29-17-21-7-9-25-23-12-14-28-26(24(23)11-13-27(25)33(21)35(29)3)10-8-22-18-30(36(4)34(22)28)32-16-6-20(2)38-32/h5-18H,1-4H3. The fraction of sp³-hybridized carbons (Fsp3) is 0.118. The van der Waals surface area contributed by atoms with E-state index < -0.39 is 0 Å². The molecule has 8 aromatic rings. The zero-order chi connectivity index (χ0) is 25.7. The molecule has 0 radical (unpaired) electrons. The van der Waals surface area contributed by atoms with Crippen molar-refractivity contribution in [2.45, 2.75) is 13.8 Å². The van der Waals surface area contributed by atoms with Crippen molar-refractivity contribution in [3.8, 4) is 21.1 Å². The number of hydrogen-bond donors (Lipinski definition) is 0.